The smallest absolute Gasteiger partial charge is 0.219 e. The lowest BCUT2D eigenvalue weighted by Gasteiger charge is -2.25. The summed E-state index contributed by atoms with van der Waals surface area (Å²) in [7, 11) is 1.81. The zero-order chi connectivity index (χ0) is 19.4. The van der Waals surface area contributed by atoms with Crippen LogP contribution in [0.2, 0.25) is 0 Å². The number of aliphatic imine (C=N–C) groups is 1. The van der Waals surface area contributed by atoms with Crippen LogP contribution in [0.3, 0.4) is 0 Å². The van der Waals surface area contributed by atoms with Crippen molar-refractivity contribution in [2.24, 2.45) is 10.4 Å². The van der Waals surface area contributed by atoms with Gasteiger partial charge in [0, 0.05) is 51.0 Å². The molecule has 0 aliphatic carbocycles. The van der Waals surface area contributed by atoms with Crippen molar-refractivity contribution in [1.29, 1.82) is 0 Å². The Morgan fingerprint density at radius 2 is 2.18 bits per heavy atom. The lowest BCUT2D eigenvalue weighted by atomic mass is 9.87. The fourth-order valence-electron chi connectivity index (χ4n) is 3.84. The van der Waals surface area contributed by atoms with Crippen molar-refractivity contribution in [1.82, 2.24) is 15.2 Å². The van der Waals surface area contributed by atoms with Gasteiger partial charge in [0.2, 0.25) is 5.88 Å². The second kappa shape index (κ2) is 8.14. The third-order valence-electron chi connectivity index (χ3n) is 5.42. The van der Waals surface area contributed by atoms with Gasteiger partial charge in [0.1, 0.15) is 11.6 Å². The monoisotopic (exact) mass is 384 g/mol. The fraction of sp³-hybridized carbons (Fsp3) is 0.429. The number of rotatable bonds is 4. The van der Waals surface area contributed by atoms with Gasteiger partial charge >= 0.3 is 0 Å². The van der Waals surface area contributed by atoms with E-state index in [1.165, 1.54) is 12.1 Å². The molecule has 1 spiro atoms. The quantitative estimate of drug-likeness (QED) is 0.648. The molecule has 2 aliphatic heterocycles. The first-order chi connectivity index (χ1) is 13.7. The maximum atomic E-state index is 13.0. The molecule has 1 aromatic heterocycles. The number of hydrogen-bond donors (Lipinski definition) is 1. The van der Waals surface area contributed by atoms with E-state index in [0.29, 0.717) is 23.6 Å². The maximum Gasteiger partial charge on any atom is 0.219 e. The van der Waals surface area contributed by atoms with Crippen LogP contribution in [0.25, 0.3) is 0 Å². The molecule has 28 heavy (non-hydrogen) atoms. The molecule has 2 aromatic rings. The van der Waals surface area contributed by atoms with E-state index in [1.54, 1.807) is 18.3 Å². The molecule has 0 bridgehead atoms. The summed E-state index contributed by atoms with van der Waals surface area (Å²) in [5, 5.41) is 3.43. The summed E-state index contributed by atoms with van der Waals surface area (Å²) in [6.07, 6.45) is 3.99. The second-order valence-corrected chi connectivity index (χ2v) is 7.43. The second-order valence-electron chi connectivity index (χ2n) is 7.43. The molecule has 1 atom stereocenters. The summed E-state index contributed by atoms with van der Waals surface area (Å²) in [6.45, 7) is 4.33. The van der Waals surface area contributed by atoms with Crippen LogP contribution >= 0.6 is 0 Å². The summed E-state index contributed by atoms with van der Waals surface area (Å²) in [5.74, 6) is 1.64. The summed E-state index contributed by atoms with van der Waals surface area (Å²) in [6, 6.07) is 9.71. The van der Waals surface area contributed by atoms with E-state index in [9.17, 15) is 4.39 Å². The summed E-state index contributed by atoms with van der Waals surface area (Å²) in [4.78, 5) is 11.0. The third-order valence-corrected chi connectivity index (χ3v) is 5.42. The van der Waals surface area contributed by atoms with Crippen LogP contribution in [0.15, 0.2) is 47.6 Å². The van der Waals surface area contributed by atoms with Crippen LogP contribution in [0.1, 0.15) is 18.4 Å². The molecular formula is C21H25FN4O2. The minimum absolute atomic E-state index is 0.294. The summed E-state index contributed by atoms with van der Waals surface area (Å²) in [5.41, 5.74) is 1.33. The van der Waals surface area contributed by atoms with E-state index in [1.807, 2.05) is 19.2 Å². The zero-order valence-corrected chi connectivity index (χ0v) is 16.0. The van der Waals surface area contributed by atoms with Crippen molar-refractivity contribution in [3.63, 3.8) is 0 Å². The Balaban J connectivity index is 1.35. The average molecular weight is 384 g/mol. The van der Waals surface area contributed by atoms with Gasteiger partial charge in [-0.3, -0.25) is 4.99 Å². The first-order valence-electron chi connectivity index (χ1n) is 9.58. The number of nitrogens with one attached hydrogen (secondary N) is 1. The molecule has 2 saturated heterocycles. The molecule has 0 saturated carbocycles. The lowest BCUT2D eigenvalue weighted by molar-refractivity contribution is 0.156. The molecule has 1 unspecified atom stereocenters. The SMILES string of the molecule is CN=C(NCc1ccnc(Oc2ccc(F)cc2)c1)N1CCC2(CCOC2)C1. The van der Waals surface area contributed by atoms with E-state index in [2.05, 4.69) is 20.2 Å². The van der Waals surface area contributed by atoms with Crippen molar-refractivity contribution < 1.29 is 13.9 Å². The number of guanidine groups is 1. The molecule has 7 heteroatoms. The Kier molecular flexibility index (Phi) is 5.43. The highest BCUT2D eigenvalue weighted by Crippen LogP contribution is 2.38. The molecule has 0 amide bonds. The van der Waals surface area contributed by atoms with Gasteiger partial charge in [-0.2, -0.15) is 0 Å². The predicted molar refractivity (Wildman–Crippen MR) is 105 cm³/mol. The highest BCUT2D eigenvalue weighted by atomic mass is 19.1. The van der Waals surface area contributed by atoms with Crippen molar-refractivity contribution in [2.75, 3.05) is 33.4 Å². The van der Waals surface area contributed by atoms with Gasteiger partial charge in [-0.15, -0.1) is 0 Å². The molecule has 1 N–H and O–H groups in total. The van der Waals surface area contributed by atoms with Crippen LogP contribution in [0.4, 0.5) is 4.39 Å². The minimum Gasteiger partial charge on any atom is -0.439 e. The molecule has 0 radical (unpaired) electrons. The number of aromatic nitrogens is 1. The highest BCUT2D eigenvalue weighted by Gasteiger charge is 2.42. The Hall–Kier alpha value is -2.67. The molecule has 6 nitrogen and oxygen atoms in total. The Morgan fingerprint density at radius 1 is 1.32 bits per heavy atom. The molecule has 3 heterocycles. The van der Waals surface area contributed by atoms with Crippen LogP contribution in [0.5, 0.6) is 11.6 Å². The average Bonchev–Trinajstić information content (AvgIpc) is 3.35. The van der Waals surface area contributed by atoms with Gasteiger partial charge in [0.25, 0.3) is 0 Å². The van der Waals surface area contributed by atoms with E-state index in [0.717, 1.165) is 50.7 Å². The van der Waals surface area contributed by atoms with Gasteiger partial charge in [-0.05, 0) is 48.7 Å². The number of likely N-dealkylation sites (tertiary alicyclic amines) is 1. The van der Waals surface area contributed by atoms with Crippen molar-refractivity contribution >= 4 is 5.96 Å². The number of benzene rings is 1. The molecular weight excluding hydrogens is 359 g/mol. The summed E-state index contributed by atoms with van der Waals surface area (Å²) < 4.78 is 24.3. The first kappa shape index (κ1) is 18.7. The van der Waals surface area contributed by atoms with Crippen LogP contribution in [-0.4, -0.2) is 49.2 Å². The molecule has 2 aliphatic rings. The number of hydrogen-bond acceptors (Lipinski definition) is 4. The van der Waals surface area contributed by atoms with Gasteiger partial charge < -0.3 is 19.7 Å². The maximum absolute atomic E-state index is 13.0. The van der Waals surface area contributed by atoms with Gasteiger partial charge in [0.05, 0.1) is 6.61 Å². The highest BCUT2D eigenvalue weighted by molar-refractivity contribution is 5.80. The Bertz CT molecular complexity index is 835. The molecule has 2 fully saturated rings. The predicted octanol–water partition coefficient (Wildman–Crippen LogP) is 3.20. The van der Waals surface area contributed by atoms with Gasteiger partial charge in [-0.25, -0.2) is 9.37 Å². The van der Waals surface area contributed by atoms with Crippen molar-refractivity contribution in [3.05, 3.63) is 54.0 Å². The Morgan fingerprint density at radius 3 is 2.93 bits per heavy atom. The minimum atomic E-state index is -0.294. The van der Waals surface area contributed by atoms with Crippen molar-refractivity contribution in [3.8, 4) is 11.6 Å². The fourth-order valence-corrected chi connectivity index (χ4v) is 3.84. The van der Waals surface area contributed by atoms with E-state index in [-0.39, 0.29) is 5.82 Å². The van der Waals surface area contributed by atoms with Gasteiger partial charge in [0.15, 0.2) is 5.96 Å². The zero-order valence-electron chi connectivity index (χ0n) is 16.0. The molecule has 148 valence electrons. The van der Waals surface area contributed by atoms with Crippen LogP contribution < -0.4 is 10.1 Å². The topological polar surface area (TPSA) is 59.0 Å². The van der Waals surface area contributed by atoms with E-state index < -0.39 is 0 Å². The first-order valence-corrected chi connectivity index (χ1v) is 9.58. The molecule has 4 rings (SSSR count). The number of nitrogens with zero attached hydrogens (tertiary/aromatic N) is 3. The lowest BCUT2D eigenvalue weighted by Crippen LogP contribution is -2.41. The van der Waals surface area contributed by atoms with Crippen LogP contribution in [-0.2, 0) is 11.3 Å². The standard InChI is InChI=1S/C21H25FN4O2/c1-23-20(26-10-7-21(14-26)8-11-27-15-21)25-13-16-6-9-24-19(12-16)28-18-4-2-17(22)3-5-18/h2-6,9,12H,7-8,10-11,13-15H2,1H3,(H,23,25). The van der Waals surface area contributed by atoms with Crippen molar-refractivity contribution in [2.45, 2.75) is 19.4 Å². The van der Waals surface area contributed by atoms with Gasteiger partial charge in [-0.1, -0.05) is 0 Å². The third kappa shape index (κ3) is 4.25. The number of pyridine rings is 1. The van der Waals surface area contributed by atoms with E-state index in [4.69, 9.17) is 9.47 Å². The van der Waals surface area contributed by atoms with E-state index >= 15 is 0 Å². The number of ether oxygens (including phenoxy) is 2. The van der Waals surface area contributed by atoms with Crippen LogP contribution in [0, 0.1) is 11.2 Å². The largest absolute Gasteiger partial charge is 0.439 e. The molecule has 1 aromatic carbocycles. The normalized spacial score (nSPS) is 22.1. The summed E-state index contributed by atoms with van der Waals surface area (Å²) >= 11 is 0. The Labute approximate surface area is 164 Å². The number of halogens is 1.